The molecule has 3 unspecified atom stereocenters. The lowest BCUT2D eigenvalue weighted by molar-refractivity contribution is 0.0335. The molecule has 0 aromatic heterocycles. The topological polar surface area (TPSA) is 26.7 Å². The van der Waals surface area contributed by atoms with Gasteiger partial charge in [-0.15, -0.1) is 0 Å². The van der Waals surface area contributed by atoms with Gasteiger partial charge in [-0.05, 0) is 57.7 Å². The number of nitrogens with zero attached hydrogens (tertiary/aromatic N) is 2. The molecule has 0 radical (unpaired) electrons. The highest BCUT2D eigenvalue weighted by molar-refractivity contribution is 4.92. The molecule has 0 aromatic carbocycles. The molecule has 106 valence electrons. The van der Waals surface area contributed by atoms with Crippen LogP contribution in [-0.2, 0) is 0 Å². The molecule has 0 spiro atoms. The largest absolute Gasteiger partial charge is 0.392 e. The highest BCUT2D eigenvalue weighted by Gasteiger charge is 2.41. The van der Waals surface area contributed by atoms with Crippen molar-refractivity contribution < 1.29 is 5.11 Å². The Kier molecular flexibility index (Phi) is 4.35. The van der Waals surface area contributed by atoms with E-state index >= 15 is 0 Å². The minimum absolute atomic E-state index is 0.121. The number of rotatable bonds is 4. The summed E-state index contributed by atoms with van der Waals surface area (Å²) in [5, 5.41) is 10.3. The van der Waals surface area contributed by atoms with E-state index < -0.39 is 0 Å². The predicted molar refractivity (Wildman–Crippen MR) is 75.7 cm³/mol. The summed E-state index contributed by atoms with van der Waals surface area (Å²) in [5.41, 5.74) is 0.121. The maximum atomic E-state index is 10.3. The summed E-state index contributed by atoms with van der Waals surface area (Å²) in [6.45, 7) is 7.84. The molecule has 0 aromatic rings. The summed E-state index contributed by atoms with van der Waals surface area (Å²) in [4.78, 5) is 4.91. The van der Waals surface area contributed by atoms with Crippen LogP contribution in [-0.4, -0.2) is 60.8 Å². The van der Waals surface area contributed by atoms with Crippen LogP contribution in [0.25, 0.3) is 0 Å². The number of aliphatic hydroxyl groups excluding tert-OH is 1. The van der Waals surface area contributed by atoms with E-state index in [1.54, 1.807) is 0 Å². The van der Waals surface area contributed by atoms with Crippen molar-refractivity contribution in [3.63, 3.8) is 0 Å². The van der Waals surface area contributed by atoms with Gasteiger partial charge in [0.05, 0.1) is 6.10 Å². The lowest BCUT2D eigenvalue weighted by Crippen LogP contribution is -2.41. The van der Waals surface area contributed by atoms with Crippen molar-refractivity contribution in [3.8, 4) is 0 Å². The highest BCUT2D eigenvalue weighted by atomic mass is 16.3. The van der Waals surface area contributed by atoms with E-state index in [-0.39, 0.29) is 11.5 Å². The van der Waals surface area contributed by atoms with Gasteiger partial charge in [-0.3, -0.25) is 0 Å². The van der Waals surface area contributed by atoms with Gasteiger partial charge in [0, 0.05) is 19.1 Å². The fraction of sp³-hybridized carbons (Fsp3) is 1.00. The first-order valence-corrected chi connectivity index (χ1v) is 7.47. The first-order valence-electron chi connectivity index (χ1n) is 7.47. The van der Waals surface area contributed by atoms with Crippen LogP contribution in [0.4, 0.5) is 0 Å². The lowest BCUT2D eigenvalue weighted by atomic mass is 9.87. The van der Waals surface area contributed by atoms with Gasteiger partial charge in [-0.25, -0.2) is 0 Å². The van der Waals surface area contributed by atoms with Crippen molar-refractivity contribution in [1.82, 2.24) is 9.80 Å². The molecule has 0 bridgehead atoms. The number of hydrogen-bond donors (Lipinski definition) is 1. The molecule has 1 heterocycles. The Balaban J connectivity index is 1.79. The molecule has 2 fully saturated rings. The van der Waals surface area contributed by atoms with Crippen LogP contribution in [0.5, 0.6) is 0 Å². The van der Waals surface area contributed by atoms with E-state index in [1.807, 2.05) is 0 Å². The van der Waals surface area contributed by atoms with Crippen molar-refractivity contribution in [1.29, 1.82) is 0 Å². The van der Waals surface area contributed by atoms with Crippen LogP contribution in [0.2, 0.25) is 0 Å². The molecule has 1 saturated heterocycles. The number of likely N-dealkylation sites (tertiary alicyclic amines) is 1. The first-order chi connectivity index (χ1) is 8.40. The van der Waals surface area contributed by atoms with Gasteiger partial charge >= 0.3 is 0 Å². The zero-order valence-corrected chi connectivity index (χ0v) is 12.5. The standard InChI is InChI=1S/C15H30N2O/c1-15(2)8-7-12(14(15)18)10-16(3)11-13-6-5-9-17(13)4/h12-14,18H,5-11H2,1-4H3. The highest BCUT2D eigenvalue weighted by Crippen LogP contribution is 2.41. The minimum atomic E-state index is -0.124. The molecule has 0 amide bonds. The monoisotopic (exact) mass is 254 g/mol. The molecule has 3 nitrogen and oxygen atoms in total. The lowest BCUT2D eigenvalue weighted by Gasteiger charge is -2.30. The molecule has 2 aliphatic rings. The average molecular weight is 254 g/mol. The third-order valence-electron chi connectivity index (χ3n) is 5.15. The van der Waals surface area contributed by atoms with Gasteiger partial charge in [-0.1, -0.05) is 13.8 Å². The van der Waals surface area contributed by atoms with E-state index in [9.17, 15) is 5.11 Å². The second-order valence-corrected chi connectivity index (χ2v) is 7.23. The number of hydrogen-bond acceptors (Lipinski definition) is 3. The maximum absolute atomic E-state index is 10.3. The molecule has 2 rings (SSSR count). The van der Waals surface area contributed by atoms with Crippen LogP contribution in [0, 0.1) is 11.3 Å². The van der Waals surface area contributed by atoms with Crippen molar-refractivity contribution in [2.75, 3.05) is 33.7 Å². The Bertz CT molecular complexity index is 280. The van der Waals surface area contributed by atoms with Gasteiger partial charge in [0.2, 0.25) is 0 Å². The summed E-state index contributed by atoms with van der Waals surface area (Å²) in [5.74, 6) is 0.469. The molecule has 1 N–H and O–H groups in total. The zero-order valence-electron chi connectivity index (χ0n) is 12.5. The molecular formula is C15H30N2O. The molecule has 3 heteroatoms. The zero-order chi connectivity index (χ0) is 13.3. The van der Waals surface area contributed by atoms with Gasteiger partial charge in [0.25, 0.3) is 0 Å². The van der Waals surface area contributed by atoms with E-state index in [0.717, 1.165) is 25.6 Å². The van der Waals surface area contributed by atoms with E-state index in [4.69, 9.17) is 0 Å². The van der Waals surface area contributed by atoms with Crippen LogP contribution in [0.15, 0.2) is 0 Å². The molecule has 1 saturated carbocycles. The summed E-state index contributed by atoms with van der Waals surface area (Å²) < 4.78 is 0. The van der Waals surface area contributed by atoms with Crippen molar-refractivity contribution >= 4 is 0 Å². The molecule has 1 aliphatic carbocycles. The van der Waals surface area contributed by atoms with E-state index in [2.05, 4.69) is 37.7 Å². The Morgan fingerprint density at radius 1 is 1.28 bits per heavy atom. The van der Waals surface area contributed by atoms with Crippen LogP contribution in [0.3, 0.4) is 0 Å². The van der Waals surface area contributed by atoms with Crippen molar-refractivity contribution in [2.24, 2.45) is 11.3 Å². The maximum Gasteiger partial charge on any atom is 0.0631 e. The van der Waals surface area contributed by atoms with Crippen molar-refractivity contribution in [2.45, 2.75) is 51.7 Å². The average Bonchev–Trinajstić information content (AvgIpc) is 2.78. The van der Waals surface area contributed by atoms with Gasteiger partial charge in [0.15, 0.2) is 0 Å². The van der Waals surface area contributed by atoms with E-state index in [1.165, 1.54) is 25.8 Å². The molecule has 18 heavy (non-hydrogen) atoms. The van der Waals surface area contributed by atoms with Crippen LogP contribution in [0.1, 0.15) is 39.5 Å². The second kappa shape index (κ2) is 5.48. The quantitative estimate of drug-likeness (QED) is 0.829. The third kappa shape index (κ3) is 3.06. The van der Waals surface area contributed by atoms with Crippen LogP contribution >= 0.6 is 0 Å². The number of likely N-dealkylation sites (N-methyl/N-ethyl adjacent to an activating group) is 2. The van der Waals surface area contributed by atoms with Crippen LogP contribution < -0.4 is 0 Å². The Morgan fingerprint density at radius 3 is 2.50 bits per heavy atom. The van der Waals surface area contributed by atoms with Crippen molar-refractivity contribution in [3.05, 3.63) is 0 Å². The molecule has 3 atom stereocenters. The predicted octanol–water partition coefficient (Wildman–Crippen LogP) is 1.81. The Morgan fingerprint density at radius 2 is 2.00 bits per heavy atom. The van der Waals surface area contributed by atoms with E-state index in [0.29, 0.717) is 5.92 Å². The summed E-state index contributed by atoms with van der Waals surface area (Å²) >= 11 is 0. The smallest absolute Gasteiger partial charge is 0.0631 e. The van der Waals surface area contributed by atoms with Gasteiger partial charge in [0.1, 0.15) is 0 Å². The fourth-order valence-corrected chi connectivity index (χ4v) is 3.74. The normalized spacial score (nSPS) is 36.7. The SMILES string of the molecule is CN(CC1CCC(C)(C)C1O)CC1CCCN1C. The third-order valence-corrected chi connectivity index (χ3v) is 5.15. The van der Waals surface area contributed by atoms with Gasteiger partial charge in [-0.2, -0.15) is 0 Å². The summed E-state index contributed by atoms with van der Waals surface area (Å²) in [6.07, 6.45) is 4.89. The fourth-order valence-electron chi connectivity index (χ4n) is 3.74. The second-order valence-electron chi connectivity index (χ2n) is 7.23. The molecular weight excluding hydrogens is 224 g/mol. The Hall–Kier alpha value is -0.120. The first kappa shape index (κ1) is 14.3. The number of aliphatic hydroxyl groups is 1. The Labute approximate surface area is 112 Å². The summed E-state index contributed by atoms with van der Waals surface area (Å²) in [7, 11) is 4.45. The summed E-state index contributed by atoms with van der Waals surface area (Å²) in [6, 6.07) is 0.724. The molecule has 1 aliphatic heterocycles. The minimum Gasteiger partial charge on any atom is -0.392 e. The van der Waals surface area contributed by atoms with Gasteiger partial charge < -0.3 is 14.9 Å².